The Morgan fingerprint density at radius 1 is 1.50 bits per heavy atom. The Kier molecular flexibility index (Phi) is 5.76. The van der Waals surface area contributed by atoms with Gasteiger partial charge in [0, 0.05) is 48.9 Å². The molecule has 0 saturated carbocycles. The number of rotatable bonds is 5. The van der Waals surface area contributed by atoms with E-state index in [1.54, 1.807) is 18.7 Å². The van der Waals surface area contributed by atoms with Gasteiger partial charge in [-0.05, 0) is 12.8 Å². The monoisotopic (exact) mass is 322 g/mol. The van der Waals surface area contributed by atoms with Crippen LogP contribution in [0.1, 0.15) is 19.8 Å². The van der Waals surface area contributed by atoms with Gasteiger partial charge in [0.05, 0.1) is 6.61 Å². The van der Waals surface area contributed by atoms with Crippen LogP contribution in [0.4, 0.5) is 0 Å². The smallest absolute Gasteiger partial charge is 0.166 e. The first kappa shape index (κ1) is 16.5. The van der Waals surface area contributed by atoms with Crippen LogP contribution >= 0.6 is 11.8 Å². The minimum absolute atomic E-state index is 0.0677. The van der Waals surface area contributed by atoms with E-state index in [0.29, 0.717) is 18.9 Å². The van der Waals surface area contributed by atoms with Gasteiger partial charge in [0.15, 0.2) is 9.84 Å². The molecule has 2 atom stereocenters. The number of hydrogen-bond donors (Lipinski definition) is 1. The van der Waals surface area contributed by atoms with E-state index in [4.69, 9.17) is 10.5 Å². The molecule has 0 aromatic rings. The third-order valence-electron chi connectivity index (χ3n) is 4.38. The van der Waals surface area contributed by atoms with Gasteiger partial charge in [-0.25, -0.2) is 8.42 Å². The number of ether oxygens (including phenoxy) is 1. The fourth-order valence-corrected chi connectivity index (χ4v) is 6.09. The van der Waals surface area contributed by atoms with Crippen LogP contribution < -0.4 is 5.73 Å². The van der Waals surface area contributed by atoms with Crippen molar-refractivity contribution in [3.63, 3.8) is 0 Å². The van der Waals surface area contributed by atoms with Crippen LogP contribution in [0, 0.1) is 5.41 Å². The molecule has 0 spiro atoms. The summed E-state index contributed by atoms with van der Waals surface area (Å²) in [5.74, 6) is 1.88. The Morgan fingerprint density at radius 2 is 2.30 bits per heavy atom. The van der Waals surface area contributed by atoms with Crippen LogP contribution in [-0.2, 0) is 14.6 Å². The fraction of sp³-hybridized carbons (Fsp3) is 1.00. The third-order valence-corrected chi connectivity index (χ3v) is 7.72. The van der Waals surface area contributed by atoms with Crippen LogP contribution in [0.3, 0.4) is 0 Å². The summed E-state index contributed by atoms with van der Waals surface area (Å²) < 4.78 is 30.2. The second-order valence-electron chi connectivity index (χ2n) is 5.81. The largest absolute Gasteiger partial charge is 0.381 e. The van der Waals surface area contributed by atoms with E-state index in [1.165, 1.54) is 0 Å². The number of thioether (sulfide) groups is 1. The van der Waals surface area contributed by atoms with Gasteiger partial charge in [0.25, 0.3) is 0 Å². The second-order valence-corrected chi connectivity index (χ2v) is 9.41. The van der Waals surface area contributed by atoms with Crippen molar-refractivity contribution >= 4 is 21.6 Å². The minimum Gasteiger partial charge on any atom is -0.381 e. The van der Waals surface area contributed by atoms with Crippen LogP contribution in [-0.4, -0.2) is 68.8 Å². The first-order chi connectivity index (χ1) is 9.53. The molecule has 0 aromatic heterocycles. The third kappa shape index (κ3) is 3.68. The summed E-state index contributed by atoms with van der Waals surface area (Å²) in [4.78, 5) is 2.14. The van der Waals surface area contributed by atoms with Gasteiger partial charge >= 0.3 is 0 Å². The molecule has 2 saturated heterocycles. The van der Waals surface area contributed by atoms with Gasteiger partial charge < -0.3 is 10.5 Å². The summed E-state index contributed by atoms with van der Waals surface area (Å²) in [6.45, 7) is 5.33. The summed E-state index contributed by atoms with van der Waals surface area (Å²) in [6, 6.07) is 0. The van der Waals surface area contributed by atoms with Gasteiger partial charge in [-0.2, -0.15) is 11.8 Å². The van der Waals surface area contributed by atoms with Crippen molar-refractivity contribution in [2.45, 2.75) is 25.1 Å². The highest BCUT2D eigenvalue weighted by atomic mass is 32.2. The van der Waals surface area contributed by atoms with E-state index in [-0.39, 0.29) is 16.5 Å². The lowest BCUT2D eigenvalue weighted by Gasteiger charge is -2.43. The van der Waals surface area contributed by atoms with E-state index < -0.39 is 9.84 Å². The lowest BCUT2D eigenvalue weighted by atomic mass is 9.82. The highest BCUT2D eigenvalue weighted by Crippen LogP contribution is 2.32. The molecule has 20 heavy (non-hydrogen) atoms. The molecule has 2 unspecified atom stereocenters. The molecule has 0 radical (unpaired) electrons. The van der Waals surface area contributed by atoms with Crippen LogP contribution in [0.15, 0.2) is 0 Å². The molecule has 118 valence electrons. The molecule has 2 rings (SSSR count). The normalized spacial score (nSPS) is 33.2. The topological polar surface area (TPSA) is 72.6 Å². The lowest BCUT2D eigenvalue weighted by Crippen LogP contribution is -2.55. The Morgan fingerprint density at radius 3 is 2.90 bits per heavy atom. The highest BCUT2D eigenvalue weighted by molar-refractivity contribution is 8.01. The molecule has 2 heterocycles. The maximum atomic E-state index is 12.3. The van der Waals surface area contributed by atoms with Crippen molar-refractivity contribution in [2.75, 3.05) is 50.1 Å². The van der Waals surface area contributed by atoms with Gasteiger partial charge in [0.2, 0.25) is 0 Å². The molecule has 0 bridgehead atoms. The first-order valence-electron chi connectivity index (χ1n) is 7.34. The van der Waals surface area contributed by atoms with E-state index in [1.807, 2.05) is 0 Å². The molecular weight excluding hydrogens is 296 g/mol. The van der Waals surface area contributed by atoms with Crippen molar-refractivity contribution < 1.29 is 13.2 Å². The SMILES string of the molecule is CCS(=O)(=O)C1CSCCN1CC1(CN)CCCOC1. The Labute approximate surface area is 126 Å². The second kappa shape index (κ2) is 6.96. The summed E-state index contributed by atoms with van der Waals surface area (Å²) in [7, 11) is -3.03. The van der Waals surface area contributed by atoms with Crippen LogP contribution in [0.2, 0.25) is 0 Å². The molecule has 2 fully saturated rings. The van der Waals surface area contributed by atoms with Crippen molar-refractivity contribution in [3.8, 4) is 0 Å². The average molecular weight is 322 g/mol. The van der Waals surface area contributed by atoms with E-state index >= 15 is 0 Å². The Balaban J connectivity index is 2.11. The molecule has 0 aromatic carbocycles. The zero-order chi connectivity index (χ0) is 14.6. The highest BCUT2D eigenvalue weighted by Gasteiger charge is 2.39. The summed E-state index contributed by atoms with van der Waals surface area (Å²) in [6.07, 6.45) is 2.05. The van der Waals surface area contributed by atoms with Crippen molar-refractivity contribution in [2.24, 2.45) is 11.1 Å². The Hall–Kier alpha value is 0.180. The maximum absolute atomic E-state index is 12.3. The van der Waals surface area contributed by atoms with Gasteiger partial charge in [-0.15, -0.1) is 0 Å². The van der Waals surface area contributed by atoms with Crippen molar-refractivity contribution in [1.29, 1.82) is 0 Å². The predicted octanol–water partition coefficient (Wildman–Crippen LogP) is 0.552. The van der Waals surface area contributed by atoms with E-state index in [0.717, 1.165) is 38.3 Å². The van der Waals surface area contributed by atoms with E-state index in [9.17, 15) is 8.42 Å². The zero-order valence-electron chi connectivity index (χ0n) is 12.2. The lowest BCUT2D eigenvalue weighted by molar-refractivity contribution is -0.0225. The Bertz CT molecular complexity index is 408. The standard InChI is InChI=1S/C13H26N2O3S2/c1-2-20(16,17)12-8-19-7-5-15(12)10-13(9-14)4-3-6-18-11-13/h12H,2-11,14H2,1H3. The molecule has 0 aliphatic carbocycles. The molecule has 2 aliphatic heterocycles. The summed E-state index contributed by atoms with van der Waals surface area (Å²) >= 11 is 1.73. The van der Waals surface area contributed by atoms with Gasteiger partial charge in [0.1, 0.15) is 5.37 Å². The quantitative estimate of drug-likeness (QED) is 0.797. The molecule has 7 heteroatoms. The number of nitrogens with two attached hydrogens (primary N) is 1. The molecule has 2 N–H and O–H groups in total. The maximum Gasteiger partial charge on any atom is 0.166 e. The zero-order valence-corrected chi connectivity index (χ0v) is 13.8. The number of nitrogens with zero attached hydrogens (tertiary/aromatic N) is 1. The predicted molar refractivity (Wildman–Crippen MR) is 83.7 cm³/mol. The molecular formula is C13H26N2O3S2. The van der Waals surface area contributed by atoms with Crippen molar-refractivity contribution in [1.82, 2.24) is 4.90 Å². The summed E-state index contributed by atoms with van der Waals surface area (Å²) in [5.41, 5.74) is 5.91. The molecule has 5 nitrogen and oxygen atoms in total. The fourth-order valence-electron chi connectivity index (χ4n) is 3.01. The molecule has 2 aliphatic rings. The average Bonchev–Trinajstić information content (AvgIpc) is 2.48. The van der Waals surface area contributed by atoms with Crippen molar-refractivity contribution in [3.05, 3.63) is 0 Å². The minimum atomic E-state index is -3.03. The number of sulfone groups is 1. The molecule has 0 amide bonds. The van der Waals surface area contributed by atoms with E-state index in [2.05, 4.69) is 4.90 Å². The first-order valence-corrected chi connectivity index (χ1v) is 10.2. The van der Waals surface area contributed by atoms with Crippen LogP contribution in [0.5, 0.6) is 0 Å². The number of hydrogen-bond acceptors (Lipinski definition) is 6. The van der Waals surface area contributed by atoms with Crippen LogP contribution in [0.25, 0.3) is 0 Å². The van der Waals surface area contributed by atoms with Gasteiger partial charge in [-0.1, -0.05) is 6.92 Å². The summed E-state index contributed by atoms with van der Waals surface area (Å²) in [5, 5.41) is -0.350. The van der Waals surface area contributed by atoms with Gasteiger partial charge in [-0.3, -0.25) is 4.90 Å².